The Bertz CT molecular complexity index is 2980. The molecule has 2 aromatic heterocycles. The normalized spacial score (nSPS) is 12.1. The van der Waals surface area contributed by atoms with Crippen molar-refractivity contribution in [2.45, 2.75) is 46.3 Å². The molecule has 2 atom stereocenters. The molecule has 6 nitrogen and oxygen atoms in total. The van der Waals surface area contributed by atoms with Gasteiger partial charge in [-0.25, -0.2) is 0 Å². The van der Waals surface area contributed by atoms with Crippen LogP contribution >= 0.6 is 0 Å². The summed E-state index contributed by atoms with van der Waals surface area (Å²) >= 11 is 0. The second-order valence-corrected chi connectivity index (χ2v) is 16.1. The largest absolute Gasteiger partial charge is 4.00 e. The predicted octanol–water partition coefficient (Wildman–Crippen LogP) is 6.61. The van der Waals surface area contributed by atoms with E-state index in [4.69, 9.17) is 9.47 Å². The molecule has 10 rings (SSSR count). The van der Waals surface area contributed by atoms with Gasteiger partial charge >= 0.3 is 25.8 Å². The van der Waals surface area contributed by atoms with Crippen molar-refractivity contribution >= 4 is 43.6 Å². The summed E-state index contributed by atoms with van der Waals surface area (Å²) in [7, 11) is 0. The second-order valence-electron chi connectivity index (χ2n) is 16.1. The van der Waals surface area contributed by atoms with Gasteiger partial charge in [-0.3, -0.25) is 0 Å². The van der Waals surface area contributed by atoms with Gasteiger partial charge in [0.15, 0.2) is 0 Å². The van der Waals surface area contributed by atoms with Gasteiger partial charge in [0.25, 0.3) is 0 Å². The zero-order chi connectivity index (χ0) is 41.8. The maximum absolute atomic E-state index is 14.6. The summed E-state index contributed by atoms with van der Waals surface area (Å²) in [6.45, 7) is 8.10. The molecule has 0 aliphatic heterocycles. The van der Waals surface area contributed by atoms with Crippen molar-refractivity contribution in [3.8, 4) is 56.6 Å². The average Bonchev–Trinajstić information content (AvgIpc) is 3.78. The Hall–Kier alpha value is -5.99. The Labute approximate surface area is 404 Å². The first-order valence-corrected chi connectivity index (χ1v) is 20.9. The first-order chi connectivity index (χ1) is 29.7. The van der Waals surface area contributed by atoms with E-state index in [1.807, 2.05) is 149 Å². The van der Waals surface area contributed by atoms with Crippen LogP contribution in [0.2, 0.25) is 0 Å². The molecule has 64 heavy (non-hydrogen) atoms. The number of hydrogen-bond acceptors (Lipinski definition) is 4. The molecular formula is C55H44Cl2HfN2O4. The Morgan fingerprint density at radius 2 is 0.719 bits per heavy atom. The number of nitrogens with zero attached hydrogens (tertiary/aromatic N) is 2. The van der Waals surface area contributed by atoms with E-state index in [1.54, 1.807) is 0 Å². The third-order valence-electron chi connectivity index (χ3n) is 11.7. The van der Waals surface area contributed by atoms with Crippen molar-refractivity contribution in [1.82, 2.24) is 9.13 Å². The maximum Gasteiger partial charge on any atom is 4.00 e. The zero-order valence-electron chi connectivity index (χ0n) is 35.8. The Balaban J connectivity index is 0.00000204. The minimum atomic E-state index is -0.268. The number of rotatable bonds is 10. The smallest absolute Gasteiger partial charge is 1.00 e. The molecule has 0 saturated carbocycles. The van der Waals surface area contributed by atoms with E-state index >= 15 is 0 Å². The summed E-state index contributed by atoms with van der Waals surface area (Å²) in [5.41, 5.74) is 9.78. The third-order valence-corrected chi connectivity index (χ3v) is 11.7. The summed E-state index contributed by atoms with van der Waals surface area (Å²) in [4.78, 5) is 0. The van der Waals surface area contributed by atoms with Crippen molar-refractivity contribution in [2.24, 2.45) is 0 Å². The van der Waals surface area contributed by atoms with E-state index in [1.165, 1.54) is 0 Å². The molecule has 0 radical (unpaired) electrons. The van der Waals surface area contributed by atoms with E-state index in [0.29, 0.717) is 40.4 Å². The molecule has 9 heteroatoms. The van der Waals surface area contributed by atoms with Crippen LogP contribution in [0.3, 0.4) is 0 Å². The fourth-order valence-electron chi connectivity index (χ4n) is 9.19. The van der Waals surface area contributed by atoms with Gasteiger partial charge in [-0.05, 0) is 98.5 Å². The number of aryl methyl sites for hydroxylation is 2. The van der Waals surface area contributed by atoms with Crippen LogP contribution in [-0.2, 0) is 25.8 Å². The summed E-state index contributed by atoms with van der Waals surface area (Å²) in [6, 6.07) is 56.3. The van der Waals surface area contributed by atoms with Gasteiger partial charge in [0, 0.05) is 50.5 Å². The number of para-hydroxylation sites is 6. The Morgan fingerprint density at radius 3 is 1.06 bits per heavy atom. The standard InChI is InChI=1S/C55H46N2O4.2ClH.Hf/c1-34-29-44(54(58)50(31-34)56-46-23-11-5-17-38(46)39-18-6-12-24-47(39)56)42-21-9-15-27-52(42)60-36(3)33-37(4)61-53-28-16-10-22-43(53)45-30-35(2)32-51(55(45)59)57-48-25-13-7-19-40(48)41-20-8-14-26-49(41)57;;;/h5-32,36-37,58-59H,33H2,1-4H3;2*1H;/q;;;+4/p-4/t36-,37-;;;/m0.../s1. The van der Waals surface area contributed by atoms with Crippen LogP contribution in [0.25, 0.3) is 77.2 Å². The fourth-order valence-corrected chi connectivity index (χ4v) is 9.19. The molecule has 0 aliphatic carbocycles. The van der Waals surface area contributed by atoms with Crippen LogP contribution in [-0.4, -0.2) is 21.3 Å². The van der Waals surface area contributed by atoms with Crippen molar-refractivity contribution < 1.29 is 70.3 Å². The van der Waals surface area contributed by atoms with Crippen LogP contribution in [0.15, 0.2) is 170 Å². The number of fused-ring (bicyclic) bond motifs is 6. The van der Waals surface area contributed by atoms with E-state index in [9.17, 15) is 10.2 Å². The summed E-state index contributed by atoms with van der Waals surface area (Å²) in [6.07, 6.45) is 0.0183. The van der Waals surface area contributed by atoms with Gasteiger partial charge in [0.1, 0.15) is 11.5 Å². The number of halogens is 2. The van der Waals surface area contributed by atoms with Gasteiger partial charge in [0.05, 0.1) is 34.3 Å². The SMILES string of the molecule is Cc1cc(-c2ccccc2O[C@@H](C)C[C@H](C)Oc2ccccc2-c2cc(C)cc(-n3c4ccccc4c4ccccc43)c2[O-])c([O-])c(-n2c3ccccc3c3ccccc32)c1.[Cl-].[Cl-].[Hf+4]. The molecule has 8 aromatic carbocycles. The van der Waals surface area contributed by atoms with Gasteiger partial charge in [-0.2, -0.15) is 0 Å². The van der Waals surface area contributed by atoms with Crippen molar-refractivity contribution in [3.63, 3.8) is 0 Å². The zero-order valence-corrected chi connectivity index (χ0v) is 40.9. The quantitative estimate of drug-likeness (QED) is 0.145. The molecule has 0 fully saturated rings. The van der Waals surface area contributed by atoms with Gasteiger partial charge < -0.3 is 53.6 Å². The molecule has 0 spiro atoms. The minimum Gasteiger partial charge on any atom is -1.00 e. The number of ether oxygens (including phenoxy) is 2. The molecule has 2 heterocycles. The van der Waals surface area contributed by atoms with Gasteiger partial charge in [-0.1, -0.05) is 133 Å². The van der Waals surface area contributed by atoms with Crippen molar-refractivity contribution in [2.75, 3.05) is 0 Å². The summed E-state index contributed by atoms with van der Waals surface area (Å²) in [5.74, 6) is 1.13. The van der Waals surface area contributed by atoms with E-state index < -0.39 is 0 Å². The summed E-state index contributed by atoms with van der Waals surface area (Å²) < 4.78 is 17.5. The molecule has 0 unspecified atom stereocenters. The molecule has 316 valence electrons. The second kappa shape index (κ2) is 19.0. The van der Waals surface area contributed by atoms with Crippen LogP contribution in [0.1, 0.15) is 31.4 Å². The van der Waals surface area contributed by atoms with Crippen LogP contribution < -0.4 is 44.5 Å². The van der Waals surface area contributed by atoms with Crippen LogP contribution in [0, 0.1) is 13.8 Å². The molecular weight excluding hydrogens is 1000 g/mol. The molecule has 0 aliphatic rings. The van der Waals surface area contributed by atoms with Gasteiger partial charge in [0.2, 0.25) is 0 Å². The fraction of sp³-hybridized carbons (Fsp3) is 0.127. The van der Waals surface area contributed by atoms with E-state index in [2.05, 4.69) is 57.7 Å². The molecule has 10 aromatic rings. The Morgan fingerprint density at radius 1 is 0.422 bits per heavy atom. The predicted molar refractivity (Wildman–Crippen MR) is 246 cm³/mol. The molecule has 0 amide bonds. The third kappa shape index (κ3) is 8.17. The maximum atomic E-state index is 14.6. The summed E-state index contributed by atoms with van der Waals surface area (Å²) in [5, 5.41) is 33.6. The first kappa shape index (κ1) is 46.0. The molecule has 0 N–H and O–H groups in total. The van der Waals surface area contributed by atoms with Crippen LogP contribution in [0.4, 0.5) is 0 Å². The van der Waals surface area contributed by atoms with Gasteiger partial charge in [-0.15, -0.1) is 0 Å². The average molecular weight is 1050 g/mol. The van der Waals surface area contributed by atoms with Crippen molar-refractivity contribution in [1.29, 1.82) is 0 Å². The van der Waals surface area contributed by atoms with E-state index in [-0.39, 0.29) is 74.4 Å². The topological polar surface area (TPSA) is 74.4 Å². The van der Waals surface area contributed by atoms with Crippen LogP contribution in [0.5, 0.6) is 23.0 Å². The minimum absolute atomic E-state index is 0. The number of aromatic nitrogens is 2. The monoisotopic (exact) mass is 1050 g/mol. The van der Waals surface area contributed by atoms with Crippen molar-refractivity contribution in [3.05, 3.63) is 181 Å². The molecule has 0 saturated heterocycles. The number of benzene rings is 8. The Kier molecular flexibility index (Phi) is 13.7. The van der Waals surface area contributed by atoms with E-state index in [0.717, 1.165) is 65.9 Å². The number of hydrogen-bond donors (Lipinski definition) is 0. The molecule has 0 bridgehead atoms. The first-order valence-electron chi connectivity index (χ1n) is 20.9.